The molecule has 2 heterocycles. The summed E-state index contributed by atoms with van der Waals surface area (Å²) in [7, 11) is 0. The summed E-state index contributed by atoms with van der Waals surface area (Å²) in [4.78, 5) is 13.5. The fourth-order valence-corrected chi connectivity index (χ4v) is 1.86. The van der Waals surface area contributed by atoms with Crippen LogP contribution in [0.5, 0.6) is 0 Å². The van der Waals surface area contributed by atoms with E-state index in [-0.39, 0.29) is 17.7 Å². The highest BCUT2D eigenvalue weighted by atomic mass is 16.3. The van der Waals surface area contributed by atoms with Crippen molar-refractivity contribution in [1.82, 2.24) is 10.2 Å². The minimum Gasteiger partial charge on any atom is -0.386 e. The Morgan fingerprint density at radius 3 is 2.43 bits per heavy atom. The molecule has 0 aromatic rings. The smallest absolute Gasteiger partial charge is 0.228 e. The van der Waals surface area contributed by atoms with Crippen LogP contribution in [0.3, 0.4) is 0 Å². The average Bonchev–Trinajstić information content (AvgIpc) is 1.94. The fourth-order valence-electron chi connectivity index (χ4n) is 1.86. The maximum Gasteiger partial charge on any atom is 0.228 e. The van der Waals surface area contributed by atoms with Crippen LogP contribution in [0.25, 0.3) is 0 Å². The third-order valence-corrected chi connectivity index (χ3v) is 3.45. The van der Waals surface area contributed by atoms with Crippen LogP contribution in [0, 0.1) is 11.8 Å². The molecule has 2 fully saturated rings. The summed E-state index contributed by atoms with van der Waals surface area (Å²) in [5.41, 5.74) is -0.632. The lowest BCUT2D eigenvalue weighted by molar-refractivity contribution is -0.169. The normalized spacial score (nSPS) is 25.9. The number of hydrogen-bond acceptors (Lipinski definition) is 3. The molecule has 0 atom stereocenters. The lowest BCUT2D eigenvalue weighted by atomic mass is 9.82. The highest BCUT2D eigenvalue weighted by molar-refractivity contribution is 5.81. The molecule has 0 radical (unpaired) electrons. The van der Waals surface area contributed by atoms with Gasteiger partial charge in [-0.1, -0.05) is 13.8 Å². The SMILES string of the molecule is CC(C)C1(O)CN(C(=O)C2CNC2)C1. The number of β-amino-alcohol motifs (C(OH)–C–C–N with tert-alkyl or cyclic N) is 1. The number of rotatable bonds is 2. The first-order valence-electron chi connectivity index (χ1n) is 5.25. The van der Waals surface area contributed by atoms with Crippen molar-refractivity contribution < 1.29 is 9.90 Å². The van der Waals surface area contributed by atoms with E-state index >= 15 is 0 Å². The van der Waals surface area contributed by atoms with E-state index in [0.717, 1.165) is 13.1 Å². The number of aliphatic hydroxyl groups is 1. The molecule has 2 aliphatic rings. The van der Waals surface area contributed by atoms with Crippen LogP contribution in [0.2, 0.25) is 0 Å². The highest BCUT2D eigenvalue weighted by Gasteiger charge is 2.47. The molecule has 2 rings (SSSR count). The Bertz CT molecular complexity index is 243. The molecular formula is C10H18N2O2. The van der Waals surface area contributed by atoms with Crippen molar-refractivity contribution in [3.63, 3.8) is 0 Å². The fraction of sp³-hybridized carbons (Fsp3) is 0.900. The van der Waals surface area contributed by atoms with E-state index in [9.17, 15) is 9.90 Å². The quantitative estimate of drug-likeness (QED) is 0.625. The topological polar surface area (TPSA) is 52.6 Å². The van der Waals surface area contributed by atoms with Crippen molar-refractivity contribution in [2.24, 2.45) is 11.8 Å². The van der Waals surface area contributed by atoms with Gasteiger partial charge >= 0.3 is 0 Å². The molecule has 0 aromatic carbocycles. The number of nitrogens with zero attached hydrogens (tertiary/aromatic N) is 1. The van der Waals surface area contributed by atoms with E-state index in [1.54, 1.807) is 4.90 Å². The molecule has 2 aliphatic heterocycles. The molecule has 1 amide bonds. The van der Waals surface area contributed by atoms with Crippen molar-refractivity contribution in [2.75, 3.05) is 26.2 Å². The van der Waals surface area contributed by atoms with Crippen molar-refractivity contribution in [3.8, 4) is 0 Å². The standard InChI is InChI=1S/C10H18N2O2/c1-7(2)10(14)5-12(6-10)9(13)8-3-11-4-8/h7-8,11,14H,3-6H2,1-2H3. The van der Waals surface area contributed by atoms with Gasteiger partial charge in [0.2, 0.25) is 5.91 Å². The van der Waals surface area contributed by atoms with Gasteiger partial charge in [0.25, 0.3) is 0 Å². The monoisotopic (exact) mass is 198 g/mol. The molecule has 2 saturated heterocycles. The second-order valence-corrected chi connectivity index (χ2v) is 4.81. The Kier molecular flexibility index (Phi) is 2.27. The van der Waals surface area contributed by atoms with Crippen LogP contribution < -0.4 is 5.32 Å². The molecule has 0 saturated carbocycles. The molecular weight excluding hydrogens is 180 g/mol. The van der Waals surface area contributed by atoms with Crippen LogP contribution in [-0.4, -0.2) is 47.7 Å². The van der Waals surface area contributed by atoms with Gasteiger partial charge in [0.05, 0.1) is 19.0 Å². The van der Waals surface area contributed by atoms with Gasteiger partial charge in [0, 0.05) is 13.1 Å². The molecule has 80 valence electrons. The second kappa shape index (κ2) is 3.21. The van der Waals surface area contributed by atoms with Gasteiger partial charge in [-0.2, -0.15) is 0 Å². The van der Waals surface area contributed by atoms with Gasteiger partial charge in [-0.3, -0.25) is 4.79 Å². The van der Waals surface area contributed by atoms with Gasteiger partial charge in [-0.15, -0.1) is 0 Å². The van der Waals surface area contributed by atoms with Gasteiger partial charge in [0.1, 0.15) is 5.60 Å². The second-order valence-electron chi connectivity index (χ2n) is 4.81. The first-order valence-corrected chi connectivity index (χ1v) is 5.25. The molecule has 14 heavy (non-hydrogen) atoms. The number of likely N-dealkylation sites (tertiary alicyclic amines) is 1. The molecule has 0 spiro atoms. The van der Waals surface area contributed by atoms with E-state index in [1.165, 1.54) is 0 Å². The maximum atomic E-state index is 11.7. The third-order valence-electron chi connectivity index (χ3n) is 3.45. The maximum absolute atomic E-state index is 11.7. The zero-order valence-electron chi connectivity index (χ0n) is 8.79. The highest BCUT2D eigenvalue weighted by Crippen LogP contribution is 2.29. The molecule has 2 N–H and O–H groups in total. The van der Waals surface area contributed by atoms with Crippen LogP contribution in [0.4, 0.5) is 0 Å². The minimum atomic E-state index is -0.632. The van der Waals surface area contributed by atoms with Crippen LogP contribution in [-0.2, 0) is 4.79 Å². The average molecular weight is 198 g/mol. The zero-order chi connectivity index (χ0) is 10.3. The molecule has 0 aliphatic carbocycles. The van der Waals surface area contributed by atoms with E-state index in [1.807, 2.05) is 13.8 Å². The number of amides is 1. The Balaban J connectivity index is 1.84. The molecule has 4 nitrogen and oxygen atoms in total. The Morgan fingerprint density at radius 1 is 1.50 bits per heavy atom. The molecule has 0 bridgehead atoms. The summed E-state index contributed by atoms with van der Waals surface area (Å²) < 4.78 is 0. The van der Waals surface area contributed by atoms with Crippen LogP contribution >= 0.6 is 0 Å². The summed E-state index contributed by atoms with van der Waals surface area (Å²) in [6.45, 7) is 6.62. The van der Waals surface area contributed by atoms with Crippen molar-refractivity contribution in [3.05, 3.63) is 0 Å². The summed E-state index contributed by atoms with van der Waals surface area (Å²) in [5, 5.41) is 13.0. The summed E-state index contributed by atoms with van der Waals surface area (Å²) in [5.74, 6) is 0.590. The van der Waals surface area contributed by atoms with E-state index in [4.69, 9.17) is 0 Å². The zero-order valence-corrected chi connectivity index (χ0v) is 8.79. The molecule has 0 unspecified atom stereocenters. The molecule has 0 aromatic heterocycles. The van der Waals surface area contributed by atoms with E-state index in [0.29, 0.717) is 13.1 Å². The van der Waals surface area contributed by atoms with Crippen LogP contribution in [0.15, 0.2) is 0 Å². The lowest BCUT2D eigenvalue weighted by Crippen LogP contribution is -2.68. The Labute approximate surface area is 84.3 Å². The Morgan fingerprint density at radius 2 is 2.07 bits per heavy atom. The van der Waals surface area contributed by atoms with E-state index in [2.05, 4.69) is 5.32 Å². The number of carbonyl (C=O) groups excluding carboxylic acids is 1. The lowest BCUT2D eigenvalue weighted by Gasteiger charge is -2.50. The summed E-state index contributed by atoms with van der Waals surface area (Å²) in [6, 6.07) is 0. The first kappa shape index (κ1) is 9.93. The van der Waals surface area contributed by atoms with Crippen molar-refractivity contribution in [1.29, 1.82) is 0 Å². The number of hydrogen-bond donors (Lipinski definition) is 2. The predicted molar refractivity (Wildman–Crippen MR) is 52.7 cm³/mol. The summed E-state index contributed by atoms with van der Waals surface area (Å²) >= 11 is 0. The third kappa shape index (κ3) is 1.42. The Hall–Kier alpha value is -0.610. The van der Waals surface area contributed by atoms with Gasteiger partial charge < -0.3 is 15.3 Å². The number of carbonyl (C=O) groups is 1. The predicted octanol–water partition coefficient (Wildman–Crippen LogP) is -0.565. The number of nitrogens with one attached hydrogen (secondary N) is 1. The van der Waals surface area contributed by atoms with Crippen molar-refractivity contribution in [2.45, 2.75) is 19.4 Å². The molecule has 4 heteroatoms. The van der Waals surface area contributed by atoms with Gasteiger partial charge in [-0.05, 0) is 5.92 Å². The largest absolute Gasteiger partial charge is 0.386 e. The van der Waals surface area contributed by atoms with Gasteiger partial charge in [0.15, 0.2) is 0 Å². The summed E-state index contributed by atoms with van der Waals surface area (Å²) in [6.07, 6.45) is 0. The van der Waals surface area contributed by atoms with Crippen molar-refractivity contribution >= 4 is 5.91 Å². The van der Waals surface area contributed by atoms with Crippen LogP contribution in [0.1, 0.15) is 13.8 Å². The minimum absolute atomic E-state index is 0.159. The van der Waals surface area contributed by atoms with E-state index < -0.39 is 5.60 Å². The first-order chi connectivity index (χ1) is 6.53. The van der Waals surface area contributed by atoms with Gasteiger partial charge in [-0.25, -0.2) is 0 Å².